The summed E-state index contributed by atoms with van der Waals surface area (Å²) >= 11 is 0. The highest BCUT2D eigenvalue weighted by atomic mass is 16.2. The van der Waals surface area contributed by atoms with Crippen molar-refractivity contribution in [2.45, 2.75) is 19.8 Å². The molecule has 2 rings (SSSR count). The number of aryl methyl sites for hydroxylation is 1. The van der Waals surface area contributed by atoms with Crippen molar-refractivity contribution in [2.24, 2.45) is 13.0 Å². The van der Waals surface area contributed by atoms with E-state index >= 15 is 0 Å². The molecule has 6 heteroatoms. The lowest BCUT2D eigenvalue weighted by Gasteiger charge is -2.32. The van der Waals surface area contributed by atoms with Gasteiger partial charge in [-0.2, -0.15) is 0 Å². The van der Waals surface area contributed by atoms with Crippen LogP contribution in [0.4, 0.5) is 0 Å². The second-order valence-corrected chi connectivity index (χ2v) is 5.56. The molecule has 2 heterocycles. The summed E-state index contributed by atoms with van der Waals surface area (Å²) in [6.07, 6.45) is 3.52. The van der Waals surface area contributed by atoms with Crippen molar-refractivity contribution in [3.8, 4) is 0 Å². The Balaban J connectivity index is 2.03. The zero-order valence-electron chi connectivity index (χ0n) is 12.5. The number of pyridine rings is 1. The lowest BCUT2D eigenvalue weighted by molar-refractivity contribution is -0.119. The zero-order chi connectivity index (χ0) is 15.4. The minimum Gasteiger partial charge on any atom is -0.356 e. The van der Waals surface area contributed by atoms with Gasteiger partial charge in [-0.05, 0) is 24.8 Å². The van der Waals surface area contributed by atoms with E-state index in [0.717, 1.165) is 12.8 Å². The molecule has 1 aliphatic rings. The van der Waals surface area contributed by atoms with Gasteiger partial charge in [0, 0.05) is 51.4 Å². The van der Waals surface area contributed by atoms with Crippen LogP contribution in [-0.4, -0.2) is 40.9 Å². The zero-order valence-corrected chi connectivity index (χ0v) is 12.5. The molecule has 2 amide bonds. The summed E-state index contributed by atoms with van der Waals surface area (Å²) in [6.45, 7) is 3.40. The molecule has 0 aromatic carbocycles. The Morgan fingerprint density at radius 3 is 2.86 bits per heavy atom. The average molecular weight is 291 g/mol. The molecule has 6 nitrogen and oxygen atoms in total. The molecule has 0 spiro atoms. The topological polar surface area (TPSA) is 71.4 Å². The minimum atomic E-state index is -0.187. The van der Waals surface area contributed by atoms with E-state index < -0.39 is 0 Å². The second-order valence-electron chi connectivity index (χ2n) is 5.56. The summed E-state index contributed by atoms with van der Waals surface area (Å²) in [5.41, 5.74) is 0.242. The van der Waals surface area contributed by atoms with Crippen LogP contribution in [0.25, 0.3) is 0 Å². The van der Waals surface area contributed by atoms with Gasteiger partial charge in [-0.15, -0.1) is 0 Å². The summed E-state index contributed by atoms with van der Waals surface area (Å²) in [7, 11) is 1.65. The number of nitrogens with zero attached hydrogens (tertiary/aromatic N) is 2. The predicted octanol–water partition coefficient (Wildman–Crippen LogP) is 0.374. The molecule has 1 aromatic heterocycles. The van der Waals surface area contributed by atoms with Crippen molar-refractivity contribution < 1.29 is 9.59 Å². The number of carbonyl (C=O) groups is 2. The quantitative estimate of drug-likeness (QED) is 0.875. The first-order valence-electron chi connectivity index (χ1n) is 7.18. The molecule has 21 heavy (non-hydrogen) atoms. The van der Waals surface area contributed by atoms with Gasteiger partial charge in [0.1, 0.15) is 0 Å². The van der Waals surface area contributed by atoms with Gasteiger partial charge in [0.15, 0.2) is 0 Å². The van der Waals surface area contributed by atoms with Gasteiger partial charge in [-0.25, -0.2) is 0 Å². The number of hydrogen-bond donors (Lipinski definition) is 1. The number of amides is 2. The number of carbonyl (C=O) groups excluding carboxylic acids is 2. The minimum absolute atomic E-state index is 0.0509. The number of nitrogens with one attached hydrogen (secondary N) is 1. The van der Waals surface area contributed by atoms with E-state index in [1.54, 1.807) is 24.2 Å². The molecule has 114 valence electrons. The van der Waals surface area contributed by atoms with Crippen molar-refractivity contribution in [3.63, 3.8) is 0 Å². The van der Waals surface area contributed by atoms with Crippen LogP contribution in [0, 0.1) is 5.92 Å². The average Bonchev–Trinajstić information content (AvgIpc) is 2.47. The Labute approximate surface area is 123 Å². The smallest absolute Gasteiger partial charge is 0.254 e. The van der Waals surface area contributed by atoms with Crippen molar-refractivity contribution in [1.82, 2.24) is 14.8 Å². The SMILES string of the molecule is CC(=O)NC[C@@H]1CCCN(C(=O)c2ccn(C)c(=O)c2)C1. The van der Waals surface area contributed by atoms with Crippen LogP contribution in [0.1, 0.15) is 30.1 Å². The van der Waals surface area contributed by atoms with Gasteiger partial charge >= 0.3 is 0 Å². The molecule has 1 saturated heterocycles. The van der Waals surface area contributed by atoms with Crippen LogP contribution in [0.2, 0.25) is 0 Å². The highest BCUT2D eigenvalue weighted by Gasteiger charge is 2.24. The first-order chi connectivity index (χ1) is 9.97. The molecular weight excluding hydrogens is 270 g/mol. The maximum Gasteiger partial charge on any atom is 0.254 e. The third-order valence-electron chi connectivity index (χ3n) is 3.80. The molecule has 0 radical (unpaired) electrons. The monoisotopic (exact) mass is 291 g/mol. The predicted molar refractivity (Wildman–Crippen MR) is 79.0 cm³/mol. The summed E-state index contributed by atoms with van der Waals surface area (Å²) < 4.78 is 1.44. The van der Waals surface area contributed by atoms with Crippen LogP contribution in [0.3, 0.4) is 0 Å². The standard InChI is InChI=1S/C15H21N3O3/c1-11(19)16-9-12-4-3-6-18(10-12)15(21)13-5-7-17(2)14(20)8-13/h5,7-8,12H,3-4,6,9-10H2,1-2H3,(H,16,19)/t12-/m0/s1. The van der Waals surface area contributed by atoms with E-state index in [1.165, 1.54) is 17.6 Å². The number of likely N-dealkylation sites (tertiary alicyclic amines) is 1. The summed E-state index contributed by atoms with van der Waals surface area (Å²) in [5, 5.41) is 2.80. The summed E-state index contributed by atoms with van der Waals surface area (Å²) in [5.74, 6) is 0.114. The Bertz CT molecular complexity index is 594. The fourth-order valence-corrected chi connectivity index (χ4v) is 2.57. The number of rotatable bonds is 3. The first kappa shape index (κ1) is 15.3. The maximum absolute atomic E-state index is 12.4. The maximum atomic E-state index is 12.4. The molecule has 1 fully saturated rings. The van der Waals surface area contributed by atoms with E-state index in [0.29, 0.717) is 25.2 Å². The lowest BCUT2D eigenvalue weighted by Crippen LogP contribution is -2.43. The van der Waals surface area contributed by atoms with Crippen molar-refractivity contribution in [2.75, 3.05) is 19.6 Å². The van der Waals surface area contributed by atoms with Crippen LogP contribution in [0.5, 0.6) is 0 Å². The molecule has 1 atom stereocenters. The summed E-state index contributed by atoms with van der Waals surface area (Å²) in [6, 6.07) is 3.04. The molecule has 0 saturated carbocycles. The van der Waals surface area contributed by atoms with Crippen molar-refractivity contribution >= 4 is 11.8 Å². The van der Waals surface area contributed by atoms with Gasteiger partial charge in [0.2, 0.25) is 5.91 Å². The molecule has 1 N–H and O–H groups in total. The molecular formula is C15H21N3O3. The van der Waals surface area contributed by atoms with Crippen molar-refractivity contribution in [3.05, 3.63) is 34.2 Å². The third kappa shape index (κ3) is 3.93. The largest absolute Gasteiger partial charge is 0.356 e. The van der Waals surface area contributed by atoms with Crippen LogP contribution < -0.4 is 10.9 Å². The van der Waals surface area contributed by atoms with Gasteiger partial charge in [-0.1, -0.05) is 0 Å². The number of aromatic nitrogens is 1. The summed E-state index contributed by atoms with van der Waals surface area (Å²) in [4.78, 5) is 36.8. The van der Waals surface area contributed by atoms with Gasteiger partial charge in [-0.3, -0.25) is 14.4 Å². The van der Waals surface area contributed by atoms with E-state index in [9.17, 15) is 14.4 Å². The Morgan fingerprint density at radius 1 is 1.43 bits per heavy atom. The number of hydrogen-bond acceptors (Lipinski definition) is 3. The van der Waals surface area contributed by atoms with Gasteiger partial charge < -0.3 is 14.8 Å². The highest BCUT2D eigenvalue weighted by molar-refractivity contribution is 5.94. The van der Waals surface area contributed by atoms with Gasteiger partial charge in [0.25, 0.3) is 11.5 Å². The first-order valence-corrected chi connectivity index (χ1v) is 7.18. The van der Waals surface area contributed by atoms with E-state index in [2.05, 4.69) is 5.32 Å². The van der Waals surface area contributed by atoms with Crippen molar-refractivity contribution in [1.29, 1.82) is 0 Å². The van der Waals surface area contributed by atoms with E-state index in [1.807, 2.05) is 0 Å². The Morgan fingerprint density at radius 2 is 2.19 bits per heavy atom. The van der Waals surface area contributed by atoms with E-state index in [4.69, 9.17) is 0 Å². The molecule has 1 aromatic rings. The fourth-order valence-electron chi connectivity index (χ4n) is 2.57. The second kappa shape index (κ2) is 6.56. The Hall–Kier alpha value is -2.11. The molecule has 1 aliphatic heterocycles. The van der Waals surface area contributed by atoms with Crippen LogP contribution in [-0.2, 0) is 11.8 Å². The molecule has 0 bridgehead atoms. The molecule has 0 aliphatic carbocycles. The van der Waals surface area contributed by atoms with Gasteiger partial charge in [0.05, 0.1) is 0 Å². The fraction of sp³-hybridized carbons (Fsp3) is 0.533. The lowest BCUT2D eigenvalue weighted by atomic mass is 9.97. The Kier molecular flexibility index (Phi) is 4.77. The van der Waals surface area contributed by atoms with Crippen LogP contribution >= 0.6 is 0 Å². The molecule has 0 unspecified atom stereocenters. The number of piperidine rings is 1. The highest BCUT2D eigenvalue weighted by Crippen LogP contribution is 2.17. The van der Waals surface area contributed by atoms with E-state index in [-0.39, 0.29) is 23.3 Å². The third-order valence-corrected chi connectivity index (χ3v) is 3.80. The normalized spacial score (nSPS) is 18.4. The van der Waals surface area contributed by atoms with Crippen LogP contribution in [0.15, 0.2) is 23.1 Å².